The van der Waals surface area contributed by atoms with Gasteiger partial charge in [-0.15, -0.1) is 11.3 Å². The van der Waals surface area contributed by atoms with Gasteiger partial charge in [-0.2, -0.15) is 12.7 Å². The third-order valence-corrected chi connectivity index (χ3v) is 8.80. The number of aromatic nitrogens is 1. The zero-order chi connectivity index (χ0) is 26.7. The van der Waals surface area contributed by atoms with Crippen molar-refractivity contribution >= 4 is 33.4 Å². The summed E-state index contributed by atoms with van der Waals surface area (Å²) < 4.78 is 68.8. The topological polar surface area (TPSA) is 141 Å². The van der Waals surface area contributed by atoms with Gasteiger partial charge in [0.25, 0.3) is 16.1 Å². The Morgan fingerprint density at radius 3 is 2.76 bits per heavy atom. The number of rotatable bonds is 6. The standard InChI is InChI=1S/C22H23F3N6O4S2/c1-11-12(3-2-4-14(11)23)18-17(21(32)33)15(28-19(29-18)20-27-5-6-36-20)8-30-10-22(24,25)13-7-31(9-16(13)30)37(26,34)35/h2-6,13,16,18H,7-10H2,1H3,(H,28,29)(H,32,33)(H2,26,34,35)/t13?,16?,18-/m0/s1. The van der Waals surface area contributed by atoms with E-state index >= 15 is 0 Å². The number of carboxylic acid groups (broad SMARTS) is 1. The second kappa shape index (κ2) is 9.16. The predicted octanol–water partition coefficient (Wildman–Crippen LogP) is 1.48. The van der Waals surface area contributed by atoms with Crippen LogP contribution >= 0.6 is 11.3 Å². The molecule has 2 saturated heterocycles. The van der Waals surface area contributed by atoms with Crippen molar-refractivity contribution in [2.24, 2.45) is 16.0 Å². The number of benzene rings is 1. The van der Waals surface area contributed by atoms with E-state index in [0.29, 0.717) is 10.6 Å². The lowest BCUT2D eigenvalue weighted by Gasteiger charge is -2.31. The number of nitrogens with zero attached hydrogens (tertiary/aromatic N) is 4. The summed E-state index contributed by atoms with van der Waals surface area (Å²) in [6.45, 7) is -0.106. The molecular weight excluding hydrogens is 533 g/mol. The van der Waals surface area contributed by atoms with Gasteiger partial charge < -0.3 is 10.4 Å². The summed E-state index contributed by atoms with van der Waals surface area (Å²) in [6, 6.07) is 2.25. The molecular formula is C22H23F3N6O4S2. The highest BCUT2D eigenvalue weighted by atomic mass is 32.2. The summed E-state index contributed by atoms with van der Waals surface area (Å²) in [5, 5.41) is 20.5. The number of amidine groups is 1. The number of thiazole rings is 1. The van der Waals surface area contributed by atoms with E-state index in [0.717, 1.165) is 4.31 Å². The molecule has 3 atom stereocenters. The number of carbonyl (C=O) groups is 1. The first-order valence-corrected chi connectivity index (χ1v) is 13.6. The molecule has 198 valence electrons. The number of nitrogens with one attached hydrogen (secondary N) is 1. The van der Waals surface area contributed by atoms with Crippen LogP contribution < -0.4 is 10.5 Å². The molecule has 10 nitrogen and oxygen atoms in total. The maximum atomic E-state index is 14.9. The third kappa shape index (κ3) is 4.65. The largest absolute Gasteiger partial charge is 0.478 e. The molecule has 0 spiro atoms. The summed E-state index contributed by atoms with van der Waals surface area (Å²) in [5.74, 6) is -6.17. The molecule has 4 heterocycles. The molecule has 2 fully saturated rings. The number of aliphatic imine (C=N–C) groups is 1. The van der Waals surface area contributed by atoms with Gasteiger partial charge >= 0.3 is 5.97 Å². The van der Waals surface area contributed by atoms with Crippen molar-refractivity contribution in [3.05, 3.63) is 63.0 Å². The van der Waals surface area contributed by atoms with Crippen molar-refractivity contribution in [2.45, 2.75) is 24.9 Å². The van der Waals surface area contributed by atoms with Gasteiger partial charge in [0.15, 0.2) is 10.8 Å². The SMILES string of the molecule is Cc1c(F)cccc1[C@@H]1N=C(c2nccs2)NC(CN2CC(F)(F)C3CN(S(N)(=O)=O)CC32)=C1C(=O)O. The summed E-state index contributed by atoms with van der Waals surface area (Å²) >= 11 is 1.24. The van der Waals surface area contributed by atoms with E-state index in [1.807, 2.05) is 0 Å². The van der Waals surface area contributed by atoms with Gasteiger partial charge in [0.05, 0.1) is 18.0 Å². The minimum atomic E-state index is -4.18. The van der Waals surface area contributed by atoms with Crippen LogP contribution in [0, 0.1) is 18.7 Å². The number of fused-ring (bicyclic) bond motifs is 1. The van der Waals surface area contributed by atoms with Crippen molar-refractivity contribution in [1.82, 2.24) is 19.5 Å². The molecule has 15 heteroatoms. The van der Waals surface area contributed by atoms with Crippen molar-refractivity contribution in [1.29, 1.82) is 0 Å². The molecule has 0 aliphatic carbocycles. The highest BCUT2D eigenvalue weighted by Crippen LogP contribution is 2.43. The molecule has 3 aliphatic rings. The second-order valence-electron chi connectivity index (χ2n) is 9.20. The monoisotopic (exact) mass is 556 g/mol. The number of likely N-dealkylation sites (tertiary alicyclic amines) is 1. The van der Waals surface area contributed by atoms with Gasteiger partial charge in [0, 0.05) is 43.0 Å². The molecule has 1 aromatic carbocycles. The number of hydrogen-bond acceptors (Lipinski definition) is 8. The number of alkyl halides is 2. The molecule has 5 rings (SSSR count). The van der Waals surface area contributed by atoms with Crippen molar-refractivity contribution in [3.63, 3.8) is 0 Å². The fraction of sp³-hybridized carbons (Fsp3) is 0.409. The number of carboxylic acids is 1. The summed E-state index contributed by atoms with van der Waals surface area (Å²) in [6.07, 6.45) is 1.54. The van der Waals surface area contributed by atoms with Crippen LogP contribution in [0.25, 0.3) is 0 Å². The Hall–Kier alpha value is -2.85. The summed E-state index contributed by atoms with van der Waals surface area (Å²) in [5.41, 5.74) is 0.396. The zero-order valence-electron chi connectivity index (χ0n) is 19.4. The Labute approximate surface area is 214 Å². The van der Waals surface area contributed by atoms with Crippen molar-refractivity contribution in [3.8, 4) is 0 Å². The lowest BCUT2D eigenvalue weighted by Crippen LogP contribution is -2.44. The predicted molar refractivity (Wildman–Crippen MR) is 129 cm³/mol. The molecule has 3 aliphatic heterocycles. The molecule has 0 saturated carbocycles. The first-order valence-electron chi connectivity index (χ1n) is 11.2. The highest BCUT2D eigenvalue weighted by molar-refractivity contribution is 7.86. The fourth-order valence-corrected chi connectivity index (χ4v) is 6.51. The first kappa shape index (κ1) is 25.8. The third-order valence-electron chi connectivity index (χ3n) is 7.00. The molecule has 2 aromatic rings. The van der Waals surface area contributed by atoms with Crippen LogP contribution in [0.5, 0.6) is 0 Å². The average Bonchev–Trinajstić information content (AvgIpc) is 3.54. The van der Waals surface area contributed by atoms with Crippen LogP contribution in [0.1, 0.15) is 22.2 Å². The smallest absolute Gasteiger partial charge is 0.335 e. The lowest BCUT2D eigenvalue weighted by atomic mass is 9.92. The Kier molecular flexibility index (Phi) is 6.39. The van der Waals surface area contributed by atoms with Crippen LogP contribution in [0.2, 0.25) is 0 Å². The maximum Gasteiger partial charge on any atom is 0.335 e. The van der Waals surface area contributed by atoms with E-state index in [2.05, 4.69) is 15.3 Å². The summed E-state index contributed by atoms with van der Waals surface area (Å²) in [4.78, 5) is 22.6. The van der Waals surface area contributed by atoms with Gasteiger partial charge in [0.1, 0.15) is 11.9 Å². The van der Waals surface area contributed by atoms with E-state index in [9.17, 15) is 31.5 Å². The highest BCUT2D eigenvalue weighted by Gasteiger charge is 2.59. The Balaban J connectivity index is 1.57. The summed E-state index contributed by atoms with van der Waals surface area (Å²) in [7, 11) is -4.18. The number of hydrogen-bond donors (Lipinski definition) is 3. The van der Waals surface area contributed by atoms with Gasteiger partial charge in [-0.3, -0.25) is 9.89 Å². The molecule has 0 bridgehead atoms. The van der Waals surface area contributed by atoms with E-state index in [1.54, 1.807) is 11.4 Å². The molecule has 1 aromatic heterocycles. The average molecular weight is 557 g/mol. The van der Waals surface area contributed by atoms with Gasteiger partial charge in [-0.1, -0.05) is 12.1 Å². The number of halogens is 3. The molecule has 0 radical (unpaired) electrons. The molecule has 4 N–H and O–H groups in total. The minimum Gasteiger partial charge on any atom is -0.478 e. The van der Waals surface area contributed by atoms with E-state index < -0.39 is 59.0 Å². The van der Waals surface area contributed by atoms with E-state index in [-0.39, 0.29) is 35.8 Å². The Morgan fingerprint density at radius 2 is 2.11 bits per heavy atom. The van der Waals surface area contributed by atoms with E-state index in [4.69, 9.17) is 5.14 Å². The van der Waals surface area contributed by atoms with Crippen molar-refractivity contribution < 1.29 is 31.5 Å². The van der Waals surface area contributed by atoms with Crippen LogP contribution in [-0.4, -0.2) is 77.7 Å². The first-order chi connectivity index (χ1) is 17.4. The second-order valence-corrected chi connectivity index (χ2v) is 11.6. The van der Waals surface area contributed by atoms with Crippen LogP contribution in [0.3, 0.4) is 0 Å². The normalized spacial score (nSPS) is 26.2. The van der Waals surface area contributed by atoms with E-state index in [1.165, 1.54) is 41.5 Å². The number of nitrogens with two attached hydrogens (primary N) is 1. The van der Waals surface area contributed by atoms with Crippen LogP contribution in [0.4, 0.5) is 13.2 Å². The molecule has 37 heavy (non-hydrogen) atoms. The van der Waals surface area contributed by atoms with Gasteiger partial charge in [0.2, 0.25) is 0 Å². The van der Waals surface area contributed by atoms with Crippen molar-refractivity contribution in [2.75, 3.05) is 26.2 Å². The van der Waals surface area contributed by atoms with Gasteiger partial charge in [-0.25, -0.2) is 28.1 Å². The van der Waals surface area contributed by atoms with Crippen LogP contribution in [0.15, 0.2) is 46.0 Å². The number of aliphatic carboxylic acids is 1. The minimum absolute atomic E-state index is 0.0897. The zero-order valence-corrected chi connectivity index (χ0v) is 21.1. The maximum absolute atomic E-state index is 14.9. The Morgan fingerprint density at radius 1 is 1.35 bits per heavy atom. The lowest BCUT2D eigenvalue weighted by molar-refractivity contribution is -0.133. The Bertz CT molecular complexity index is 1410. The van der Waals surface area contributed by atoms with Gasteiger partial charge in [-0.05, 0) is 24.1 Å². The van der Waals surface area contributed by atoms with Crippen LogP contribution in [-0.2, 0) is 15.0 Å². The molecule has 2 unspecified atom stereocenters. The fourth-order valence-electron chi connectivity index (χ4n) is 5.19. The quantitative estimate of drug-likeness (QED) is 0.489. The molecule has 0 amide bonds.